The number of nitrogens with one attached hydrogen (secondary N) is 7. The van der Waals surface area contributed by atoms with Gasteiger partial charge in [-0.15, -0.1) is 0 Å². The van der Waals surface area contributed by atoms with Crippen LogP contribution in [0.15, 0.2) is 60.7 Å². The van der Waals surface area contributed by atoms with Crippen LogP contribution in [0, 0.1) is 5.92 Å². The van der Waals surface area contributed by atoms with Crippen LogP contribution in [-0.2, 0) is 60.8 Å². The molecular formula is C42H58N8O15. The van der Waals surface area contributed by atoms with Gasteiger partial charge in [0.1, 0.15) is 48.3 Å². The smallest absolute Gasteiger partial charge is 0.326 e. The first-order chi connectivity index (χ1) is 30.5. The quantitative estimate of drug-likeness (QED) is 0.0417. The van der Waals surface area contributed by atoms with E-state index in [-0.39, 0.29) is 25.2 Å². The Balaban J connectivity index is 2.24. The molecule has 0 bridgehead atoms. The van der Waals surface area contributed by atoms with Crippen LogP contribution in [0.5, 0.6) is 0 Å². The number of carbonyl (C=O) groups excluding carboxylic acids is 7. The minimum Gasteiger partial charge on any atom is -0.481 e. The van der Waals surface area contributed by atoms with Gasteiger partial charge in [-0.3, -0.25) is 43.2 Å². The van der Waals surface area contributed by atoms with Gasteiger partial charge in [0, 0.05) is 12.8 Å². The van der Waals surface area contributed by atoms with E-state index in [1.165, 1.54) is 0 Å². The van der Waals surface area contributed by atoms with Crippen LogP contribution in [0.4, 0.5) is 0 Å². The average molecular weight is 915 g/mol. The first kappa shape index (κ1) is 54.2. The van der Waals surface area contributed by atoms with Crippen molar-refractivity contribution in [2.24, 2.45) is 11.7 Å². The maximum absolute atomic E-state index is 13.7. The predicted octanol–water partition coefficient (Wildman–Crippen LogP) is -3.33. The molecule has 7 amide bonds. The van der Waals surface area contributed by atoms with E-state index in [0.29, 0.717) is 11.1 Å². The summed E-state index contributed by atoms with van der Waals surface area (Å²) in [7, 11) is 0. The summed E-state index contributed by atoms with van der Waals surface area (Å²) in [6.45, 7) is 4.85. The molecule has 23 nitrogen and oxygen atoms in total. The van der Waals surface area contributed by atoms with Gasteiger partial charge in [-0.05, 0) is 37.3 Å². The average Bonchev–Trinajstić information content (AvgIpc) is 3.23. The van der Waals surface area contributed by atoms with Crippen molar-refractivity contribution in [2.75, 3.05) is 6.61 Å². The second kappa shape index (κ2) is 26.6. The summed E-state index contributed by atoms with van der Waals surface area (Å²) in [5.74, 6) is -12.5. The highest BCUT2D eigenvalue weighted by molar-refractivity contribution is 5.99. The third-order valence-corrected chi connectivity index (χ3v) is 9.52. The van der Waals surface area contributed by atoms with Crippen LogP contribution in [0.1, 0.15) is 58.1 Å². The van der Waals surface area contributed by atoms with E-state index >= 15 is 0 Å². The predicted molar refractivity (Wildman–Crippen MR) is 228 cm³/mol. The Morgan fingerprint density at radius 2 is 0.908 bits per heavy atom. The van der Waals surface area contributed by atoms with Gasteiger partial charge in [-0.2, -0.15) is 0 Å². The number of aliphatic carboxylic acids is 3. The Kier molecular flexibility index (Phi) is 22.2. The summed E-state index contributed by atoms with van der Waals surface area (Å²) < 4.78 is 0. The van der Waals surface area contributed by atoms with E-state index in [2.05, 4.69) is 37.2 Å². The second-order valence-corrected chi connectivity index (χ2v) is 15.6. The number of carbonyl (C=O) groups is 10. The van der Waals surface area contributed by atoms with Crippen molar-refractivity contribution in [2.45, 2.75) is 114 Å². The lowest BCUT2D eigenvalue weighted by atomic mass is 10.0. The summed E-state index contributed by atoms with van der Waals surface area (Å²) in [5.41, 5.74) is 6.73. The third-order valence-electron chi connectivity index (χ3n) is 9.52. The fraction of sp³-hybridized carbons (Fsp3) is 0.476. The lowest BCUT2D eigenvalue weighted by Crippen LogP contribution is -2.62. The maximum atomic E-state index is 13.7. The number of aliphatic hydroxyl groups is 2. The van der Waals surface area contributed by atoms with Gasteiger partial charge >= 0.3 is 17.9 Å². The minimum atomic E-state index is -1.89. The molecule has 14 N–H and O–H groups in total. The number of carboxylic acids is 3. The Morgan fingerprint density at radius 1 is 0.508 bits per heavy atom. The topological polar surface area (TPSA) is 382 Å². The Hall–Kier alpha value is -6.98. The number of amides is 7. The highest BCUT2D eigenvalue weighted by atomic mass is 16.4. The molecule has 9 atom stereocenters. The third kappa shape index (κ3) is 19.1. The standard InChI is InChI=1S/C42H58N8O15/c1-21(2)15-27(48-41(63)34(23(4)52)50-40(62)28(46-36(58)26(43)20-51)16-24-11-7-5-8-12-24)38(60)47-29(18-32(53)54)37(59)44-22(3)35(57)45-30(19-33(55)56)39(61)49-31(42(64)65)17-25-13-9-6-10-14-25/h5-14,21-23,26-31,34,51-52H,15-20,43H2,1-4H3,(H,44,59)(H,45,57)(H,46,58)(H,47,60)(H,48,63)(H,49,61)(H,50,62)(H,53,54)(H,55,56)(H,64,65)/t22-,23+,26-,27-,28-,29-,30-,31-,34-/m0/s1. The molecule has 23 heteroatoms. The van der Waals surface area contributed by atoms with E-state index in [9.17, 15) is 73.5 Å². The molecule has 0 aliphatic carbocycles. The number of rotatable bonds is 27. The van der Waals surface area contributed by atoms with Crippen LogP contribution in [0.2, 0.25) is 0 Å². The normalized spacial score (nSPS) is 15.1. The van der Waals surface area contributed by atoms with Gasteiger partial charge in [0.05, 0.1) is 25.6 Å². The summed E-state index contributed by atoms with van der Waals surface area (Å²) >= 11 is 0. The van der Waals surface area contributed by atoms with Gasteiger partial charge in [-0.25, -0.2) is 4.79 Å². The largest absolute Gasteiger partial charge is 0.481 e. The zero-order valence-corrected chi connectivity index (χ0v) is 36.2. The van der Waals surface area contributed by atoms with Gasteiger partial charge in [0.2, 0.25) is 41.4 Å². The van der Waals surface area contributed by atoms with E-state index < -0.39 is 133 Å². The summed E-state index contributed by atoms with van der Waals surface area (Å²) in [4.78, 5) is 128. The first-order valence-corrected chi connectivity index (χ1v) is 20.4. The van der Waals surface area contributed by atoms with Crippen LogP contribution < -0.4 is 43.0 Å². The molecule has 0 fully saturated rings. The number of hydrogen-bond acceptors (Lipinski definition) is 13. The molecule has 65 heavy (non-hydrogen) atoms. The molecule has 356 valence electrons. The fourth-order valence-electron chi connectivity index (χ4n) is 6.08. The van der Waals surface area contributed by atoms with Gasteiger partial charge in [0.25, 0.3) is 0 Å². The molecule has 0 unspecified atom stereocenters. The molecule has 0 aliphatic rings. The summed E-state index contributed by atoms with van der Waals surface area (Å²) in [5, 5.41) is 64.6. The molecule has 0 saturated carbocycles. The van der Waals surface area contributed by atoms with Gasteiger partial charge < -0.3 is 68.5 Å². The number of aliphatic hydroxyl groups excluding tert-OH is 2. The molecule has 0 spiro atoms. The van der Waals surface area contributed by atoms with Crippen molar-refractivity contribution in [1.82, 2.24) is 37.2 Å². The van der Waals surface area contributed by atoms with Crippen molar-refractivity contribution >= 4 is 59.3 Å². The SMILES string of the molecule is CC(C)C[C@H](NC(=O)[C@@H](NC(=O)[C@H](Cc1ccccc1)NC(=O)[C@@H](N)CO)[C@@H](C)O)C(=O)N[C@@H](CC(=O)O)C(=O)N[C@@H](C)C(=O)N[C@@H](CC(=O)O)C(=O)N[C@@H](Cc1ccccc1)C(=O)O. The Morgan fingerprint density at radius 3 is 1.35 bits per heavy atom. The van der Waals surface area contributed by atoms with Crippen LogP contribution in [-0.4, -0.2) is 146 Å². The van der Waals surface area contributed by atoms with E-state index in [1.54, 1.807) is 74.5 Å². The zero-order valence-electron chi connectivity index (χ0n) is 36.2. The molecule has 0 radical (unpaired) electrons. The second-order valence-electron chi connectivity index (χ2n) is 15.6. The molecule has 2 aromatic carbocycles. The van der Waals surface area contributed by atoms with E-state index in [1.807, 2.05) is 0 Å². The van der Waals surface area contributed by atoms with Gasteiger partial charge in [-0.1, -0.05) is 74.5 Å². The van der Waals surface area contributed by atoms with Crippen molar-refractivity contribution in [3.63, 3.8) is 0 Å². The van der Waals surface area contributed by atoms with Crippen LogP contribution in [0.3, 0.4) is 0 Å². The number of benzene rings is 2. The molecule has 0 aliphatic heterocycles. The number of carboxylic acid groups (broad SMARTS) is 3. The zero-order chi connectivity index (χ0) is 49.0. The van der Waals surface area contributed by atoms with Gasteiger partial charge in [0.15, 0.2) is 0 Å². The summed E-state index contributed by atoms with van der Waals surface area (Å²) in [6.07, 6.45) is -4.04. The van der Waals surface area contributed by atoms with Crippen molar-refractivity contribution in [1.29, 1.82) is 0 Å². The van der Waals surface area contributed by atoms with Crippen molar-refractivity contribution in [3.8, 4) is 0 Å². The highest BCUT2D eigenvalue weighted by Crippen LogP contribution is 2.10. The molecule has 2 aromatic rings. The molecule has 0 aromatic heterocycles. The number of hydrogen-bond donors (Lipinski definition) is 13. The van der Waals surface area contributed by atoms with E-state index in [4.69, 9.17) is 5.73 Å². The molecular weight excluding hydrogens is 857 g/mol. The van der Waals surface area contributed by atoms with Crippen LogP contribution >= 0.6 is 0 Å². The first-order valence-electron chi connectivity index (χ1n) is 20.4. The maximum Gasteiger partial charge on any atom is 0.326 e. The Bertz CT molecular complexity index is 1990. The number of nitrogens with two attached hydrogens (primary N) is 1. The summed E-state index contributed by atoms with van der Waals surface area (Å²) in [6, 6.07) is 3.71. The van der Waals surface area contributed by atoms with Crippen LogP contribution in [0.25, 0.3) is 0 Å². The fourth-order valence-corrected chi connectivity index (χ4v) is 6.08. The molecule has 0 saturated heterocycles. The monoisotopic (exact) mass is 914 g/mol. The Labute approximate surface area is 373 Å². The highest BCUT2D eigenvalue weighted by Gasteiger charge is 2.36. The van der Waals surface area contributed by atoms with E-state index in [0.717, 1.165) is 13.8 Å². The lowest BCUT2D eigenvalue weighted by molar-refractivity contribution is -0.143. The molecule has 0 heterocycles. The minimum absolute atomic E-state index is 0.100. The van der Waals surface area contributed by atoms with Crippen molar-refractivity contribution in [3.05, 3.63) is 71.8 Å². The van der Waals surface area contributed by atoms with Crippen molar-refractivity contribution < 1.29 is 73.5 Å². The lowest BCUT2D eigenvalue weighted by Gasteiger charge is -2.28. The molecule has 2 rings (SSSR count).